The highest BCUT2D eigenvalue weighted by molar-refractivity contribution is 5.75. The largest absolute Gasteiger partial charge is 0.313 e. The fourth-order valence-corrected chi connectivity index (χ4v) is 1.75. The summed E-state index contributed by atoms with van der Waals surface area (Å²) in [6.07, 6.45) is 3.44. The highest BCUT2D eigenvalue weighted by atomic mass is 15.3. The van der Waals surface area contributed by atoms with Crippen molar-refractivity contribution in [2.24, 2.45) is 0 Å². The Morgan fingerprint density at radius 3 is 2.82 bits per heavy atom. The standard InChI is InChI=1S/C12H11N5/c1-2-17-8-14-16-12(17)11-7-13-9-5-3-4-6-10(9)15-11/h3-8H,2H2,1H3. The molecule has 84 valence electrons. The highest BCUT2D eigenvalue weighted by Crippen LogP contribution is 2.16. The molecule has 0 radical (unpaired) electrons. The van der Waals surface area contributed by atoms with Gasteiger partial charge in [-0.1, -0.05) is 12.1 Å². The van der Waals surface area contributed by atoms with Crippen LogP contribution in [-0.2, 0) is 6.54 Å². The lowest BCUT2D eigenvalue weighted by molar-refractivity contribution is 0.764. The van der Waals surface area contributed by atoms with Crippen molar-refractivity contribution in [2.75, 3.05) is 0 Å². The van der Waals surface area contributed by atoms with E-state index in [-0.39, 0.29) is 0 Å². The molecular weight excluding hydrogens is 214 g/mol. The summed E-state index contributed by atoms with van der Waals surface area (Å²) in [5.74, 6) is 0.755. The third-order valence-electron chi connectivity index (χ3n) is 2.63. The van der Waals surface area contributed by atoms with E-state index in [0.717, 1.165) is 29.1 Å². The molecule has 0 N–H and O–H groups in total. The number of benzene rings is 1. The minimum absolute atomic E-state index is 0.753. The maximum Gasteiger partial charge on any atom is 0.184 e. The van der Waals surface area contributed by atoms with E-state index in [1.165, 1.54) is 0 Å². The van der Waals surface area contributed by atoms with Crippen LogP contribution in [0.2, 0.25) is 0 Å². The lowest BCUT2D eigenvalue weighted by Crippen LogP contribution is -1.98. The molecule has 1 aromatic carbocycles. The zero-order valence-electron chi connectivity index (χ0n) is 9.41. The summed E-state index contributed by atoms with van der Waals surface area (Å²) in [6, 6.07) is 7.78. The van der Waals surface area contributed by atoms with E-state index in [2.05, 4.69) is 20.2 Å². The van der Waals surface area contributed by atoms with Gasteiger partial charge in [-0.2, -0.15) is 0 Å². The van der Waals surface area contributed by atoms with Crippen molar-refractivity contribution < 1.29 is 0 Å². The molecule has 0 unspecified atom stereocenters. The smallest absolute Gasteiger partial charge is 0.184 e. The van der Waals surface area contributed by atoms with E-state index in [9.17, 15) is 0 Å². The van der Waals surface area contributed by atoms with Crippen molar-refractivity contribution in [1.82, 2.24) is 24.7 Å². The number of hydrogen-bond donors (Lipinski definition) is 0. The molecule has 0 aliphatic heterocycles. The molecule has 5 heteroatoms. The van der Waals surface area contributed by atoms with Gasteiger partial charge in [0.25, 0.3) is 0 Å². The Balaban J connectivity index is 2.18. The monoisotopic (exact) mass is 225 g/mol. The number of para-hydroxylation sites is 2. The van der Waals surface area contributed by atoms with Crippen molar-refractivity contribution in [3.8, 4) is 11.5 Å². The van der Waals surface area contributed by atoms with Gasteiger partial charge in [-0.15, -0.1) is 10.2 Å². The van der Waals surface area contributed by atoms with E-state index in [4.69, 9.17) is 0 Å². The minimum atomic E-state index is 0.753. The van der Waals surface area contributed by atoms with Crippen molar-refractivity contribution in [1.29, 1.82) is 0 Å². The molecule has 2 heterocycles. The second-order valence-corrected chi connectivity index (χ2v) is 3.68. The van der Waals surface area contributed by atoms with Crippen LogP contribution in [0.4, 0.5) is 0 Å². The highest BCUT2D eigenvalue weighted by Gasteiger charge is 2.08. The van der Waals surface area contributed by atoms with Crippen molar-refractivity contribution in [3.05, 3.63) is 36.8 Å². The SMILES string of the molecule is CCn1cnnc1-c1cnc2ccccc2n1. The number of fused-ring (bicyclic) bond motifs is 1. The summed E-state index contributed by atoms with van der Waals surface area (Å²) in [4.78, 5) is 8.91. The summed E-state index contributed by atoms with van der Waals surface area (Å²) in [5.41, 5.74) is 2.51. The molecule has 3 aromatic rings. The van der Waals surface area contributed by atoms with Crippen LogP contribution in [-0.4, -0.2) is 24.7 Å². The first kappa shape index (κ1) is 9.89. The normalized spacial score (nSPS) is 10.9. The lowest BCUT2D eigenvalue weighted by Gasteiger charge is -2.03. The molecule has 2 aromatic heterocycles. The summed E-state index contributed by atoms with van der Waals surface area (Å²) < 4.78 is 1.94. The molecule has 5 nitrogen and oxygen atoms in total. The van der Waals surface area contributed by atoms with Gasteiger partial charge in [0.2, 0.25) is 0 Å². The molecule has 0 aliphatic rings. The van der Waals surface area contributed by atoms with E-state index >= 15 is 0 Å². The van der Waals surface area contributed by atoms with Crippen LogP contribution < -0.4 is 0 Å². The molecule has 3 rings (SSSR count). The van der Waals surface area contributed by atoms with E-state index in [1.807, 2.05) is 35.8 Å². The van der Waals surface area contributed by atoms with Gasteiger partial charge in [0, 0.05) is 6.54 Å². The quantitative estimate of drug-likeness (QED) is 0.668. The third kappa shape index (κ3) is 1.65. The van der Waals surface area contributed by atoms with Crippen molar-refractivity contribution >= 4 is 11.0 Å². The van der Waals surface area contributed by atoms with Gasteiger partial charge in [-0.05, 0) is 19.1 Å². The zero-order valence-corrected chi connectivity index (χ0v) is 9.41. The van der Waals surface area contributed by atoms with Gasteiger partial charge in [0.05, 0.1) is 17.2 Å². The molecule has 0 atom stereocenters. The number of aryl methyl sites for hydroxylation is 1. The van der Waals surface area contributed by atoms with Crippen molar-refractivity contribution in [2.45, 2.75) is 13.5 Å². The van der Waals surface area contributed by atoms with E-state index in [0.29, 0.717) is 0 Å². The number of hydrogen-bond acceptors (Lipinski definition) is 4. The molecule has 0 saturated heterocycles. The van der Waals surface area contributed by atoms with Gasteiger partial charge in [-0.25, -0.2) is 4.98 Å². The molecular formula is C12H11N5. The molecule has 0 fully saturated rings. The maximum absolute atomic E-state index is 4.54. The number of rotatable bonds is 2. The predicted molar refractivity (Wildman–Crippen MR) is 64.2 cm³/mol. The number of aromatic nitrogens is 5. The van der Waals surface area contributed by atoms with Gasteiger partial charge in [0.15, 0.2) is 5.82 Å². The molecule has 0 aliphatic carbocycles. The molecule has 0 bridgehead atoms. The Bertz CT molecular complexity index is 659. The fourth-order valence-electron chi connectivity index (χ4n) is 1.75. The average Bonchev–Trinajstić information content (AvgIpc) is 2.86. The maximum atomic E-state index is 4.54. The Morgan fingerprint density at radius 1 is 1.18 bits per heavy atom. The van der Waals surface area contributed by atoms with Crippen LogP contribution in [0.5, 0.6) is 0 Å². The van der Waals surface area contributed by atoms with Crippen LogP contribution in [0.3, 0.4) is 0 Å². The first-order valence-electron chi connectivity index (χ1n) is 5.48. The lowest BCUT2D eigenvalue weighted by atomic mass is 10.3. The van der Waals surface area contributed by atoms with Crippen LogP contribution in [0.15, 0.2) is 36.8 Å². The number of nitrogens with zero attached hydrogens (tertiary/aromatic N) is 5. The Labute approximate surface area is 98.2 Å². The van der Waals surface area contributed by atoms with Gasteiger partial charge in [-0.3, -0.25) is 4.98 Å². The van der Waals surface area contributed by atoms with Crippen LogP contribution in [0.1, 0.15) is 6.92 Å². The summed E-state index contributed by atoms with van der Waals surface area (Å²) in [7, 11) is 0. The van der Waals surface area contributed by atoms with E-state index < -0.39 is 0 Å². The fraction of sp³-hybridized carbons (Fsp3) is 0.167. The third-order valence-corrected chi connectivity index (χ3v) is 2.63. The second-order valence-electron chi connectivity index (χ2n) is 3.68. The van der Waals surface area contributed by atoms with Crippen molar-refractivity contribution in [3.63, 3.8) is 0 Å². The first-order chi connectivity index (χ1) is 8.38. The molecule has 0 spiro atoms. The predicted octanol–water partition coefficient (Wildman–Crippen LogP) is 1.91. The van der Waals surface area contributed by atoms with E-state index in [1.54, 1.807) is 12.5 Å². The first-order valence-corrected chi connectivity index (χ1v) is 5.48. The Kier molecular flexibility index (Phi) is 2.29. The Morgan fingerprint density at radius 2 is 2.00 bits per heavy atom. The van der Waals surface area contributed by atoms with Crippen LogP contribution in [0.25, 0.3) is 22.6 Å². The van der Waals surface area contributed by atoms with Gasteiger partial charge >= 0.3 is 0 Å². The molecule has 0 amide bonds. The second kappa shape index (κ2) is 3.93. The minimum Gasteiger partial charge on any atom is -0.313 e. The van der Waals surface area contributed by atoms with Crippen LogP contribution >= 0.6 is 0 Å². The Hall–Kier alpha value is -2.30. The van der Waals surface area contributed by atoms with Gasteiger partial charge in [0.1, 0.15) is 12.0 Å². The summed E-state index contributed by atoms with van der Waals surface area (Å²) in [6.45, 7) is 2.86. The molecule has 0 saturated carbocycles. The van der Waals surface area contributed by atoms with Crippen LogP contribution in [0, 0.1) is 0 Å². The molecule has 17 heavy (non-hydrogen) atoms. The zero-order chi connectivity index (χ0) is 11.7. The summed E-state index contributed by atoms with van der Waals surface area (Å²) >= 11 is 0. The summed E-state index contributed by atoms with van der Waals surface area (Å²) in [5, 5.41) is 7.97. The average molecular weight is 225 g/mol. The topological polar surface area (TPSA) is 56.5 Å². The van der Waals surface area contributed by atoms with Gasteiger partial charge < -0.3 is 4.57 Å².